The Morgan fingerprint density at radius 1 is 1.42 bits per heavy atom. The van der Waals surface area contributed by atoms with E-state index >= 15 is 0 Å². The molecule has 2 amide bonds. The number of amides is 2. The molecule has 1 aliphatic rings. The van der Waals surface area contributed by atoms with E-state index in [2.05, 4.69) is 15.5 Å². The van der Waals surface area contributed by atoms with Gasteiger partial charge in [-0.25, -0.2) is 0 Å². The predicted molar refractivity (Wildman–Crippen MR) is 64.3 cm³/mol. The van der Waals surface area contributed by atoms with Gasteiger partial charge in [-0.1, -0.05) is 5.16 Å². The maximum Gasteiger partial charge on any atom is 0.328 e. The summed E-state index contributed by atoms with van der Waals surface area (Å²) in [7, 11) is 0. The van der Waals surface area contributed by atoms with Crippen molar-refractivity contribution < 1.29 is 18.8 Å². The molecule has 1 aromatic heterocycles. The van der Waals surface area contributed by atoms with Gasteiger partial charge in [-0.2, -0.15) is 4.98 Å². The van der Waals surface area contributed by atoms with Gasteiger partial charge in [0.1, 0.15) is 0 Å². The van der Waals surface area contributed by atoms with Gasteiger partial charge in [-0.3, -0.25) is 14.9 Å². The van der Waals surface area contributed by atoms with Crippen LogP contribution < -0.4 is 5.32 Å². The van der Waals surface area contributed by atoms with Gasteiger partial charge in [-0.05, 0) is 20.8 Å². The van der Waals surface area contributed by atoms with Crippen molar-refractivity contribution in [1.29, 1.82) is 0 Å². The highest BCUT2D eigenvalue weighted by molar-refractivity contribution is 6.39. The zero-order valence-electron chi connectivity index (χ0n) is 11.0. The lowest BCUT2D eigenvalue weighted by Gasteiger charge is -2.37. The first-order chi connectivity index (χ1) is 8.99. The molecule has 1 aromatic rings. The average Bonchev–Trinajstić information content (AvgIpc) is 2.77. The molecule has 2 atom stereocenters. The second-order valence-electron chi connectivity index (χ2n) is 4.42. The highest BCUT2D eigenvalue weighted by Crippen LogP contribution is 2.14. The van der Waals surface area contributed by atoms with Crippen LogP contribution in [0.5, 0.6) is 0 Å². The minimum absolute atomic E-state index is 0.0789. The fourth-order valence-electron chi connectivity index (χ4n) is 1.85. The standard InChI is InChI=1S/C11H16N4O4/c1-6-7(2)18-5-4-15(6)10(17)9(16)13-11-12-8(3)14-19-11/h6-7H,4-5H2,1-3H3,(H,12,13,14,16). The Hall–Kier alpha value is -1.96. The van der Waals surface area contributed by atoms with E-state index < -0.39 is 11.8 Å². The van der Waals surface area contributed by atoms with Gasteiger partial charge >= 0.3 is 17.8 Å². The molecule has 1 saturated heterocycles. The Labute approximate surface area is 110 Å². The molecule has 8 heteroatoms. The number of carbonyl (C=O) groups is 2. The quantitative estimate of drug-likeness (QED) is 0.717. The molecule has 0 spiro atoms. The molecular weight excluding hydrogens is 252 g/mol. The number of carbonyl (C=O) groups excluding carboxylic acids is 2. The van der Waals surface area contributed by atoms with Crippen molar-refractivity contribution >= 4 is 17.8 Å². The third kappa shape index (κ3) is 2.90. The van der Waals surface area contributed by atoms with Crippen molar-refractivity contribution in [3.63, 3.8) is 0 Å². The SMILES string of the molecule is Cc1noc(NC(=O)C(=O)N2CCOC(C)C2C)n1. The molecular formula is C11H16N4O4. The summed E-state index contributed by atoms with van der Waals surface area (Å²) < 4.78 is 10.1. The number of nitrogens with zero attached hydrogens (tertiary/aromatic N) is 3. The van der Waals surface area contributed by atoms with Crippen LogP contribution in [-0.2, 0) is 14.3 Å². The summed E-state index contributed by atoms with van der Waals surface area (Å²) >= 11 is 0. The number of anilines is 1. The molecule has 104 valence electrons. The predicted octanol–water partition coefficient (Wildman–Crippen LogP) is -0.0477. The number of aryl methyl sites for hydroxylation is 1. The van der Waals surface area contributed by atoms with Crippen LogP contribution in [0.25, 0.3) is 0 Å². The Balaban J connectivity index is 2.00. The van der Waals surface area contributed by atoms with E-state index in [1.54, 1.807) is 6.92 Å². The van der Waals surface area contributed by atoms with Crippen LogP contribution in [0, 0.1) is 6.92 Å². The molecule has 1 fully saturated rings. The van der Waals surface area contributed by atoms with Gasteiger partial charge in [0, 0.05) is 6.54 Å². The van der Waals surface area contributed by atoms with E-state index in [1.165, 1.54) is 4.90 Å². The Kier molecular flexibility index (Phi) is 3.79. The summed E-state index contributed by atoms with van der Waals surface area (Å²) in [6, 6.07) is -0.235. The highest BCUT2D eigenvalue weighted by Gasteiger charge is 2.33. The van der Waals surface area contributed by atoms with Gasteiger partial charge in [0.2, 0.25) is 0 Å². The number of ether oxygens (including phenoxy) is 1. The van der Waals surface area contributed by atoms with Crippen LogP contribution in [0.15, 0.2) is 4.52 Å². The summed E-state index contributed by atoms with van der Waals surface area (Å²) in [5.74, 6) is -1.03. The third-order valence-electron chi connectivity index (χ3n) is 3.09. The summed E-state index contributed by atoms with van der Waals surface area (Å²) in [6.45, 7) is 6.13. The summed E-state index contributed by atoms with van der Waals surface area (Å²) in [5, 5.41) is 5.81. The average molecular weight is 268 g/mol. The van der Waals surface area contributed by atoms with Crippen molar-refractivity contribution in [3.05, 3.63) is 5.82 Å². The normalized spacial score (nSPS) is 23.2. The summed E-state index contributed by atoms with van der Waals surface area (Å²) in [5.41, 5.74) is 0. The third-order valence-corrected chi connectivity index (χ3v) is 3.09. The van der Waals surface area contributed by atoms with Crippen LogP contribution in [0.1, 0.15) is 19.7 Å². The zero-order valence-corrected chi connectivity index (χ0v) is 11.0. The first-order valence-corrected chi connectivity index (χ1v) is 6.03. The van der Waals surface area contributed by atoms with Crippen molar-refractivity contribution in [2.45, 2.75) is 32.9 Å². The summed E-state index contributed by atoms with van der Waals surface area (Å²) in [4.78, 5) is 29.1. The molecule has 1 aliphatic heterocycles. The molecule has 0 radical (unpaired) electrons. The molecule has 8 nitrogen and oxygen atoms in total. The van der Waals surface area contributed by atoms with Crippen molar-refractivity contribution in [2.75, 3.05) is 18.5 Å². The number of rotatable bonds is 1. The minimum Gasteiger partial charge on any atom is -0.375 e. The molecule has 0 aliphatic carbocycles. The van der Waals surface area contributed by atoms with Gasteiger partial charge in [0.05, 0.1) is 18.8 Å². The smallest absolute Gasteiger partial charge is 0.328 e. The van der Waals surface area contributed by atoms with E-state index in [4.69, 9.17) is 9.26 Å². The van der Waals surface area contributed by atoms with Gasteiger partial charge in [0.25, 0.3) is 0 Å². The maximum atomic E-state index is 12.0. The van der Waals surface area contributed by atoms with E-state index in [0.29, 0.717) is 19.0 Å². The van der Waals surface area contributed by atoms with Crippen LogP contribution in [0.2, 0.25) is 0 Å². The lowest BCUT2D eigenvalue weighted by atomic mass is 10.1. The molecule has 19 heavy (non-hydrogen) atoms. The number of nitrogens with one attached hydrogen (secondary N) is 1. The topological polar surface area (TPSA) is 97.6 Å². The largest absolute Gasteiger partial charge is 0.375 e. The molecule has 0 bridgehead atoms. The molecule has 2 unspecified atom stereocenters. The molecule has 0 aromatic carbocycles. The summed E-state index contributed by atoms with van der Waals surface area (Å²) in [6.07, 6.45) is -0.101. The molecule has 1 N–H and O–H groups in total. The lowest BCUT2D eigenvalue weighted by Crippen LogP contribution is -2.54. The fourth-order valence-corrected chi connectivity index (χ4v) is 1.85. The first kappa shape index (κ1) is 13.5. The van der Waals surface area contributed by atoms with Gasteiger partial charge in [0.15, 0.2) is 5.82 Å². The van der Waals surface area contributed by atoms with Crippen molar-refractivity contribution in [2.24, 2.45) is 0 Å². The fraction of sp³-hybridized carbons (Fsp3) is 0.636. The molecule has 2 rings (SSSR count). The molecule has 2 heterocycles. The van der Waals surface area contributed by atoms with Crippen molar-refractivity contribution in [3.8, 4) is 0 Å². The highest BCUT2D eigenvalue weighted by atomic mass is 16.5. The number of hydrogen-bond donors (Lipinski definition) is 1. The second kappa shape index (κ2) is 5.35. The van der Waals surface area contributed by atoms with E-state index in [-0.39, 0.29) is 18.2 Å². The van der Waals surface area contributed by atoms with Gasteiger partial charge < -0.3 is 14.2 Å². The lowest BCUT2D eigenvalue weighted by molar-refractivity contribution is -0.152. The molecule has 0 saturated carbocycles. The number of hydrogen-bond acceptors (Lipinski definition) is 6. The van der Waals surface area contributed by atoms with Crippen LogP contribution in [0.4, 0.5) is 6.01 Å². The second-order valence-corrected chi connectivity index (χ2v) is 4.42. The minimum atomic E-state index is -0.787. The number of morpholine rings is 1. The Morgan fingerprint density at radius 2 is 2.16 bits per heavy atom. The van der Waals surface area contributed by atoms with Crippen LogP contribution >= 0.6 is 0 Å². The van der Waals surface area contributed by atoms with Gasteiger partial charge in [-0.15, -0.1) is 0 Å². The van der Waals surface area contributed by atoms with Crippen LogP contribution in [0.3, 0.4) is 0 Å². The zero-order chi connectivity index (χ0) is 14.0. The van der Waals surface area contributed by atoms with E-state index in [1.807, 2.05) is 13.8 Å². The Morgan fingerprint density at radius 3 is 2.79 bits per heavy atom. The van der Waals surface area contributed by atoms with E-state index in [9.17, 15) is 9.59 Å². The van der Waals surface area contributed by atoms with Crippen molar-refractivity contribution in [1.82, 2.24) is 15.0 Å². The maximum absolute atomic E-state index is 12.0. The monoisotopic (exact) mass is 268 g/mol. The number of aromatic nitrogens is 2. The first-order valence-electron chi connectivity index (χ1n) is 6.03. The van der Waals surface area contributed by atoms with Crippen LogP contribution in [-0.4, -0.2) is 52.2 Å². The van der Waals surface area contributed by atoms with E-state index in [0.717, 1.165) is 0 Å². The Bertz CT molecular complexity index is 487.